The molecule has 0 saturated carbocycles. The van der Waals surface area contributed by atoms with Crippen LogP contribution in [0.15, 0.2) is 36.5 Å². The van der Waals surface area contributed by atoms with Crippen molar-refractivity contribution in [1.82, 2.24) is 9.97 Å². The first-order chi connectivity index (χ1) is 7.90. The van der Waals surface area contributed by atoms with Gasteiger partial charge in [-0.2, -0.15) is 0 Å². The van der Waals surface area contributed by atoms with E-state index in [4.69, 9.17) is 9.47 Å². The number of hydrogen-bond acceptors (Lipinski definition) is 5. The van der Waals surface area contributed by atoms with Crippen molar-refractivity contribution in [1.29, 1.82) is 0 Å². The van der Waals surface area contributed by atoms with Crippen LogP contribution in [0.2, 0.25) is 0 Å². The van der Waals surface area contributed by atoms with Gasteiger partial charge in [-0.3, -0.25) is 9.97 Å². The van der Waals surface area contributed by atoms with Crippen molar-refractivity contribution < 1.29 is 14.3 Å². The van der Waals surface area contributed by atoms with Gasteiger partial charge in [0.25, 0.3) is 0 Å². The van der Waals surface area contributed by atoms with Gasteiger partial charge in [0.15, 0.2) is 5.94 Å². The maximum absolute atomic E-state index is 10.6. The summed E-state index contributed by atoms with van der Waals surface area (Å²) in [6, 6.07) is 0. The molecule has 2 rings (SSSR count). The molecule has 1 unspecified atom stereocenters. The monoisotopic (exact) mass is 218 g/mol. The summed E-state index contributed by atoms with van der Waals surface area (Å²) in [5, 5.41) is 0. The van der Waals surface area contributed by atoms with Gasteiger partial charge in [0.2, 0.25) is 5.76 Å². The molecule has 1 aliphatic rings. The van der Waals surface area contributed by atoms with Crippen molar-refractivity contribution in [2.24, 2.45) is 0 Å². The van der Waals surface area contributed by atoms with E-state index in [1.165, 1.54) is 0 Å². The fourth-order valence-corrected chi connectivity index (χ4v) is 1.29. The van der Waals surface area contributed by atoms with Gasteiger partial charge < -0.3 is 9.47 Å². The van der Waals surface area contributed by atoms with Gasteiger partial charge in [-0.25, -0.2) is 4.79 Å². The van der Waals surface area contributed by atoms with Crippen molar-refractivity contribution in [3.8, 4) is 0 Å². The second-order valence-corrected chi connectivity index (χ2v) is 3.13. The van der Waals surface area contributed by atoms with E-state index in [0.717, 1.165) is 0 Å². The van der Waals surface area contributed by atoms with Gasteiger partial charge in [-0.1, -0.05) is 0 Å². The molecule has 1 aromatic rings. The lowest BCUT2D eigenvalue weighted by atomic mass is 10.2. The fraction of sp³-hybridized carbons (Fsp3) is 0.273. The summed E-state index contributed by atoms with van der Waals surface area (Å²) in [7, 11) is 0. The minimum atomic E-state index is -0.478. The zero-order valence-electron chi connectivity index (χ0n) is 8.50. The van der Waals surface area contributed by atoms with E-state index < -0.39 is 6.10 Å². The number of rotatable bonds is 3. The Labute approximate surface area is 92.4 Å². The highest BCUT2D eigenvalue weighted by atomic mass is 16.5. The Hall–Kier alpha value is -1.97. The van der Waals surface area contributed by atoms with Crippen molar-refractivity contribution in [3.05, 3.63) is 42.2 Å². The maximum Gasteiger partial charge on any atom is 0.213 e. The van der Waals surface area contributed by atoms with Gasteiger partial charge >= 0.3 is 0 Å². The molecule has 0 N–H and O–H groups in total. The highest BCUT2D eigenvalue weighted by Crippen LogP contribution is 2.13. The standard InChI is InChI=1S/C11H10N2O3/c14-7-11-10(2-1-5-15-11)16-8-9-6-12-3-4-13-9/h1-4,6,10H,5,8H2. The minimum absolute atomic E-state index is 0.173. The average Bonchev–Trinajstić information content (AvgIpc) is 2.38. The van der Waals surface area contributed by atoms with Crippen LogP contribution in [0.3, 0.4) is 0 Å². The summed E-state index contributed by atoms with van der Waals surface area (Å²) in [6.07, 6.45) is 7.86. The Kier molecular flexibility index (Phi) is 3.43. The van der Waals surface area contributed by atoms with Crippen LogP contribution in [-0.4, -0.2) is 28.6 Å². The van der Waals surface area contributed by atoms with Crippen LogP contribution >= 0.6 is 0 Å². The Morgan fingerprint density at radius 2 is 2.50 bits per heavy atom. The summed E-state index contributed by atoms with van der Waals surface area (Å²) < 4.78 is 10.5. The summed E-state index contributed by atoms with van der Waals surface area (Å²) >= 11 is 0. The molecule has 0 fully saturated rings. The zero-order valence-corrected chi connectivity index (χ0v) is 8.50. The predicted octanol–water partition coefficient (Wildman–Crippen LogP) is 0.664. The fourth-order valence-electron chi connectivity index (χ4n) is 1.29. The minimum Gasteiger partial charge on any atom is -0.480 e. The Morgan fingerprint density at radius 1 is 1.56 bits per heavy atom. The highest BCUT2D eigenvalue weighted by molar-refractivity contribution is 5.52. The summed E-state index contributed by atoms with van der Waals surface area (Å²) in [4.78, 5) is 18.5. The van der Waals surface area contributed by atoms with Crippen LogP contribution in [0.25, 0.3) is 0 Å². The lowest BCUT2D eigenvalue weighted by Gasteiger charge is -2.18. The number of ether oxygens (including phenoxy) is 2. The van der Waals surface area contributed by atoms with Crippen LogP contribution in [0.4, 0.5) is 0 Å². The van der Waals surface area contributed by atoms with Crippen LogP contribution in [-0.2, 0) is 20.9 Å². The number of carbonyl (C=O) groups excluding carboxylic acids is 1. The van der Waals surface area contributed by atoms with E-state index >= 15 is 0 Å². The van der Waals surface area contributed by atoms with Crippen LogP contribution in [0.5, 0.6) is 0 Å². The smallest absolute Gasteiger partial charge is 0.213 e. The van der Waals surface area contributed by atoms with Gasteiger partial charge in [-0.05, 0) is 12.2 Å². The van der Waals surface area contributed by atoms with E-state index in [-0.39, 0.29) is 12.4 Å². The lowest BCUT2D eigenvalue weighted by Crippen LogP contribution is -2.20. The third-order valence-electron chi connectivity index (χ3n) is 2.03. The van der Waals surface area contributed by atoms with Gasteiger partial charge in [0.1, 0.15) is 12.7 Å². The molecule has 5 nitrogen and oxygen atoms in total. The highest BCUT2D eigenvalue weighted by Gasteiger charge is 2.18. The molecule has 2 heterocycles. The summed E-state index contributed by atoms with van der Waals surface area (Å²) in [6.45, 7) is 0.660. The topological polar surface area (TPSA) is 61.3 Å². The maximum atomic E-state index is 10.6. The molecular formula is C11H10N2O3. The normalized spacial score (nSPS) is 19.0. The van der Waals surface area contributed by atoms with E-state index in [1.807, 2.05) is 0 Å². The van der Waals surface area contributed by atoms with E-state index in [2.05, 4.69) is 9.97 Å². The molecule has 0 saturated heterocycles. The first kappa shape index (κ1) is 10.5. The summed E-state index contributed by atoms with van der Waals surface area (Å²) in [5.41, 5.74) is 0.701. The van der Waals surface area contributed by atoms with Crippen LogP contribution < -0.4 is 0 Å². The SMILES string of the molecule is O=C=C1OCC=CC1OCc1cnccn1. The van der Waals surface area contributed by atoms with E-state index in [0.29, 0.717) is 12.3 Å². The van der Waals surface area contributed by atoms with Crippen LogP contribution in [0.1, 0.15) is 5.69 Å². The van der Waals surface area contributed by atoms with Gasteiger partial charge in [0.05, 0.1) is 18.5 Å². The number of aromatic nitrogens is 2. The van der Waals surface area contributed by atoms with Crippen molar-refractivity contribution in [2.45, 2.75) is 12.7 Å². The molecular weight excluding hydrogens is 208 g/mol. The van der Waals surface area contributed by atoms with E-state index in [1.54, 1.807) is 36.7 Å². The first-order valence-electron chi connectivity index (χ1n) is 4.81. The Morgan fingerprint density at radius 3 is 3.25 bits per heavy atom. The molecule has 0 bridgehead atoms. The third-order valence-corrected chi connectivity index (χ3v) is 2.03. The Bertz CT molecular complexity index is 424. The molecule has 1 atom stereocenters. The second kappa shape index (κ2) is 5.21. The molecule has 0 aromatic carbocycles. The average molecular weight is 218 g/mol. The van der Waals surface area contributed by atoms with Gasteiger partial charge in [0, 0.05) is 12.4 Å². The van der Waals surface area contributed by atoms with Crippen molar-refractivity contribution >= 4 is 5.94 Å². The molecule has 0 spiro atoms. The molecule has 0 aliphatic carbocycles. The van der Waals surface area contributed by atoms with Crippen LogP contribution in [0, 0.1) is 0 Å². The second-order valence-electron chi connectivity index (χ2n) is 3.13. The van der Waals surface area contributed by atoms with E-state index in [9.17, 15) is 4.79 Å². The zero-order chi connectivity index (χ0) is 11.2. The lowest BCUT2D eigenvalue weighted by molar-refractivity contribution is 0.0438. The Balaban J connectivity index is 1.97. The summed E-state index contributed by atoms with van der Waals surface area (Å²) in [5.74, 6) is 1.90. The molecule has 0 radical (unpaired) electrons. The molecule has 16 heavy (non-hydrogen) atoms. The molecule has 0 amide bonds. The third kappa shape index (κ3) is 2.53. The molecule has 1 aliphatic heterocycles. The predicted molar refractivity (Wildman–Crippen MR) is 54.9 cm³/mol. The largest absolute Gasteiger partial charge is 0.480 e. The van der Waals surface area contributed by atoms with Crippen molar-refractivity contribution in [3.63, 3.8) is 0 Å². The van der Waals surface area contributed by atoms with Gasteiger partial charge in [-0.15, -0.1) is 0 Å². The molecule has 82 valence electrons. The number of nitrogens with zero attached hydrogens (tertiary/aromatic N) is 2. The number of hydrogen-bond donors (Lipinski definition) is 0. The quantitative estimate of drug-likeness (QED) is 0.551. The molecule has 1 aromatic heterocycles. The first-order valence-corrected chi connectivity index (χ1v) is 4.81. The molecule has 5 heteroatoms. The van der Waals surface area contributed by atoms with Crippen molar-refractivity contribution in [2.75, 3.05) is 6.61 Å².